The van der Waals surface area contributed by atoms with Gasteiger partial charge in [0.2, 0.25) is 5.91 Å². The molecule has 4 heterocycles. The molecule has 0 aliphatic carbocycles. The summed E-state index contributed by atoms with van der Waals surface area (Å²) in [4.78, 5) is 28.6. The van der Waals surface area contributed by atoms with Crippen LogP contribution in [0.3, 0.4) is 0 Å². The molecule has 2 aromatic rings. The number of likely N-dealkylation sites (tertiary alicyclic amines) is 2. The van der Waals surface area contributed by atoms with Crippen molar-refractivity contribution in [1.29, 1.82) is 0 Å². The first-order valence-electron chi connectivity index (χ1n) is 8.40. The van der Waals surface area contributed by atoms with E-state index in [1.54, 1.807) is 10.7 Å². The van der Waals surface area contributed by atoms with Crippen LogP contribution in [0.2, 0.25) is 0 Å². The minimum absolute atomic E-state index is 0.00669. The smallest absolute Gasteiger partial charge is 0.257 e. The predicted molar refractivity (Wildman–Crippen MR) is 87.4 cm³/mol. The van der Waals surface area contributed by atoms with Gasteiger partial charge >= 0.3 is 0 Å². The first-order valence-corrected chi connectivity index (χ1v) is 8.40. The monoisotopic (exact) mass is 327 g/mol. The van der Waals surface area contributed by atoms with E-state index < -0.39 is 0 Å². The molecule has 24 heavy (non-hydrogen) atoms. The summed E-state index contributed by atoms with van der Waals surface area (Å²) in [6.45, 7) is 2.21. The SMILES string of the molecule is CN1C[C@]2(CCCN(C(=O)c3cccn4cnnc34)C2)CCC1=O. The topological polar surface area (TPSA) is 70.8 Å². The molecule has 7 heteroatoms. The summed E-state index contributed by atoms with van der Waals surface area (Å²) < 4.78 is 1.76. The van der Waals surface area contributed by atoms with E-state index in [9.17, 15) is 9.59 Å². The molecule has 2 fully saturated rings. The lowest BCUT2D eigenvalue weighted by molar-refractivity contribution is -0.137. The molecule has 2 aliphatic heterocycles. The fourth-order valence-corrected chi connectivity index (χ4v) is 4.14. The number of hydrogen-bond donors (Lipinski definition) is 0. The third kappa shape index (κ3) is 2.44. The Labute approximate surface area is 140 Å². The molecule has 2 saturated heterocycles. The van der Waals surface area contributed by atoms with Gasteiger partial charge in [-0.15, -0.1) is 10.2 Å². The number of nitrogens with zero attached hydrogens (tertiary/aromatic N) is 5. The molecule has 1 atom stereocenters. The second-order valence-corrected chi connectivity index (χ2v) is 7.06. The zero-order valence-corrected chi connectivity index (χ0v) is 13.8. The number of carbonyl (C=O) groups is 2. The van der Waals surface area contributed by atoms with Gasteiger partial charge < -0.3 is 9.80 Å². The van der Waals surface area contributed by atoms with Crippen LogP contribution in [0.4, 0.5) is 0 Å². The van der Waals surface area contributed by atoms with Gasteiger partial charge in [-0.25, -0.2) is 0 Å². The van der Waals surface area contributed by atoms with Gasteiger partial charge in [0.25, 0.3) is 5.91 Å². The highest BCUT2D eigenvalue weighted by molar-refractivity contribution is 5.99. The maximum absolute atomic E-state index is 13.0. The van der Waals surface area contributed by atoms with Crippen LogP contribution in [0.25, 0.3) is 5.65 Å². The van der Waals surface area contributed by atoms with E-state index >= 15 is 0 Å². The highest BCUT2D eigenvalue weighted by atomic mass is 16.2. The highest BCUT2D eigenvalue weighted by Crippen LogP contribution is 2.38. The van der Waals surface area contributed by atoms with Crippen molar-refractivity contribution in [1.82, 2.24) is 24.4 Å². The molecule has 0 aromatic carbocycles. The van der Waals surface area contributed by atoms with Crippen LogP contribution < -0.4 is 0 Å². The summed E-state index contributed by atoms with van der Waals surface area (Å²) in [5.41, 5.74) is 1.22. The summed E-state index contributed by atoms with van der Waals surface area (Å²) in [6.07, 6.45) is 6.94. The maximum atomic E-state index is 13.0. The van der Waals surface area contributed by atoms with Crippen molar-refractivity contribution in [3.8, 4) is 0 Å². The predicted octanol–water partition coefficient (Wildman–Crippen LogP) is 1.20. The minimum Gasteiger partial charge on any atom is -0.345 e. The van der Waals surface area contributed by atoms with Gasteiger partial charge in [-0.2, -0.15) is 0 Å². The van der Waals surface area contributed by atoms with Crippen LogP contribution in [-0.4, -0.2) is 62.9 Å². The van der Waals surface area contributed by atoms with E-state index in [1.807, 2.05) is 35.2 Å². The summed E-state index contributed by atoms with van der Waals surface area (Å²) in [6, 6.07) is 3.65. The molecule has 2 aliphatic rings. The number of aromatic nitrogens is 3. The summed E-state index contributed by atoms with van der Waals surface area (Å²) in [5, 5.41) is 7.96. The minimum atomic E-state index is 0.00669. The van der Waals surface area contributed by atoms with E-state index in [2.05, 4.69) is 10.2 Å². The lowest BCUT2D eigenvalue weighted by Crippen LogP contribution is -2.54. The van der Waals surface area contributed by atoms with Crippen molar-refractivity contribution < 1.29 is 9.59 Å². The Kier molecular flexibility index (Phi) is 3.51. The van der Waals surface area contributed by atoms with Gasteiger partial charge in [-0.05, 0) is 31.4 Å². The lowest BCUT2D eigenvalue weighted by atomic mass is 9.73. The molecular formula is C17H21N5O2. The summed E-state index contributed by atoms with van der Waals surface area (Å²) in [5.74, 6) is 0.213. The number of fused-ring (bicyclic) bond motifs is 1. The van der Waals surface area contributed by atoms with Crippen molar-refractivity contribution in [2.24, 2.45) is 5.41 Å². The van der Waals surface area contributed by atoms with Crippen LogP contribution in [0.5, 0.6) is 0 Å². The number of amides is 2. The molecule has 0 N–H and O–H groups in total. The van der Waals surface area contributed by atoms with Crippen LogP contribution in [0, 0.1) is 5.41 Å². The van der Waals surface area contributed by atoms with Crippen LogP contribution >= 0.6 is 0 Å². The average Bonchev–Trinajstić information content (AvgIpc) is 3.07. The van der Waals surface area contributed by atoms with Crippen molar-refractivity contribution in [2.45, 2.75) is 25.7 Å². The molecule has 0 radical (unpaired) electrons. The lowest BCUT2D eigenvalue weighted by Gasteiger charge is -2.47. The van der Waals surface area contributed by atoms with E-state index in [-0.39, 0.29) is 17.2 Å². The quantitative estimate of drug-likeness (QED) is 0.789. The van der Waals surface area contributed by atoms with E-state index in [4.69, 9.17) is 0 Å². The van der Waals surface area contributed by atoms with Crippen molar-refractivity contribution >= 4 is 17.5 Å². The zero-order valence-electron chi connectivity index (χ0n) is 13.8. The number of rotatable bonds is 1. The number of hydrogen-bond acceptors (Lipinski definition) is 4. The van der Waals surface area contributed by atoms with E-state index in [0.717, 1.165) is 32.4 Å². The standard InChI is InChI=1S/C17H21N5O2/c1-20-10-17(7-5-14(20)23)6-3-9-21(11-17)16(24)13-4-2-8-22-12-18-19-15(13)22/h2,4,8,12H,3,5-7,9-11H2,1H3/t17-/m0/s1. The fourth-order valence-electron chi connectivity index (χ4n) is 4.14. The molecule has 1 spiro atoms. The number of piperidine rings is 2. The Hall–Kier alpha value is -2.44. The molecule has 2 amide bonds. The first-order chi connectivity index (χ1) is 11.6. The largest absolute Gasteiger partial charge is 0.345 e. The molecular weight excluding hydrogens is 306 g/mol. The molecule has 4 rings (SSSR count). The Bertz CT molecular complexity index is 801. The molecule has 126 valence electrons. The average molecular weight is 327 g/mol. The Morgan fingerprint density at radius 1 is 1.29 bits per heavy atom. The van der Waals surface area contributed by atoms with Gasteiger partial charge in [0, 0.05) is 44.7 Å². The molecule has 0 unspecified atom stereocenters. The van der Waals surface area contributed by atoms with Gasteiger partial charge in [-0.3, -0.25) is 14.0 Å². The van der Waals surface area contributed by atoms with Gasteiger partial charge in [0.05, 0.1) is 5.56 Å². The number of pyridine rings is 1. The number of carbonyl (C=O) groups excluding carboxylic acids is 2. The fraction of sp³-hybridized carbons (Fsp3) is 0.529. The van der Waals surface area contributed by atoms with Gasteiger partial charge in [0.1, 0.15) is 6.33 Å². The van der Waals surface area contributed by atoms with Crippen LogP contribution in [-0.2, 0) is 4.79 Å². The van der Waals surface area contributed by atoms with Crippen molar-refractivity contribution in [3.63, 3.8) is 0 Å². The zero-order chi connectivity index (χ0) is 16.7. The third-order valence-corrected chi connectivity index (χ3v) is 5.37. The van der Waals surface area contributed by atoms with Crippen LogP contribution in [0.15, 0.2) is 24.7 Å². The van der Waals surface area contributed by atoms with Crippen molar-refractivity contribution in [2.75, 3.05) is 26.7 Å². The summed E-state index contributed by atoms with van der Waals surface area (Å²) >= 11 is 0. The summed E-state index contributed by atoms with van der Waals surface area (Å²) in [7, 11) is 1.86. The van der Waals surface area contributed by atoms with E-state index in [0.29, 0.717) is 24.2 Å². The molecule has 2 aromatic heterocycles. The maximum Gasteiger partial charge on any atom is 0.257 e. The second-order valence-electron chi connectivity index (χ2n) is 7.06. The van der Waals surface area contributed by atoms with Gasteiger partial charge in [-0.1, -0.05) is 0 Å². The normalized spacial score (nSPS) is 24.8. The molecule has 0 bridgehead atoms. The molecule has 7 nitrogen and oxygen atoms in total. The third-order valence-electron chi connectivity index (χ3n) is 5.37. The Morgan fingerprint density at radius 3 is 3.00 bits per heavy atom. The Morgan fingerprint density at radius 2 is 2.17 bits per heavy atom. The first kappa shape index (κ1) is 15.1. The van der Waals surface area contributed by atoms with Gasteiger partial charge in [0.15, 0.2) is 5.65 Å². The van der Waals surface area contributed by atoms with Crippen LogP contribution in [0.1, 0.15) is 36.0 Å². The second kappa shape index (κ2) is 5.58. The highest BCUT2D eigenvalue weighted by Gasteiger charge is 2.42. The van der Waals surface area contributed by atoms with Crippen molar-refractivity contribution in [3.05, 3.63) is 30.2 Å². The Balaban J connectivity index is 1.59. The molecule has 0 saturated carbocycles. The van der Waals surface area contributed by atoms with E-state index in [1.165, 1.54) is 0 Å².